The van der Waals surface area contributed by atoms with Gasteiger partial charge in [-0.15, -0.1) is 26.9 Å². The molecule has 27 heavy (non-hydrogen) atoms. The molecule has 3 rings (SSSR count). The second-order valence-electron chi connectivity index (χ2n) is 5.81. The first-order valence-electron chi connectivity index (χ1n) is 8.23. The van der Waals surface area contributed by atoms with Gasteiger partial charge in [-0.3, -0.25) is 0 Å². The molecule has 1 fully saturated rings. The van der Waals surface area contributed by atoms with Crippen LogP contribution in [0.25, 0.3) is 0 Å². The predicted octanol–water partition coefficient (Wildman–Crippen LogP) is -1.69. The molecule has 12 nitrogen and oxygen atoms in total. The summed E-state index contributed by atoms with van der Waals surface area (Å²) in [4.78, 5) is 0. The van der Waals surface area contributed by atoms with Crippen molar-refractivity contribution in [3.8, 4) is 0 Å². The maximum absolute atomic E-state index is 10.5. The van der Waals surface area contributed by atoms with Crippen LogP contribution in [0.3, 0.4) is 0 Å². The fraction of sp³-hybridized carbons (Fsp3) is 0.643. The SMILES string of the molecule is OCC1OC(OCCCl)C(n2cc(CNc3ccnnn3)nn2)C(O)C1O. The van der Waals surface area contributed by atoms with E-state index in [0.717, 1.165) is 0 Å². The minimum Gasteiger partial charge on any atom is -0.394 e. The first kappa shape index (κ1) is 19.8. The molecule has 4 N–H and O–H groups in total. The number of hydrogen-bond acceptors (Lipinski definition) is 11. The van der Waals surface area contributed by atoms with Crippen LogP contribution in [0.4, 0.5) is 5.82 Å². The van der Waals surface area contributed by atoms with Gasteiger partial charge in [-0.05, 0) is 5.21 Å². The summed E-state index contributed by atoms with van der Waals surface area (Å²) in [5.74, 6) is 0.735. The zero-order chi connectivity index (χ0) is 19.2. The molecular formula is C14H20ClN7O5. The molecule has 0 radical (unpaired) electrons. The van der Waals surface area contributed by atoms with Crippen molar-refractivity contribution in [3.63, 3.8) is 0 Å². The van der Waals surface area contributed by atoms with Gasteiger partial charge in [-0.2, -0.15) is 0 Å². The third-order valence-electron chi connectivity index (χ3n) is 4.02. The third kappa shape index (κ3) is 4.66. The van der Waals surface area contributed by atoms with E-state index >= 15 is 0 Å². The number of hydrogen-bond donors (Lipinski definition) is 4. The molecule has 2 aromatic heterocycles. The molecule has 0 spiro atoms. The zero-order valence-corrected chi connectivity index (χ0v) is 14.9. The minimum atomic E-state index is -1.31. The number of anilines is 1. The van der Waals surface area contributed by atoms with E-state index in [0.29, 0.717) is 18.1 Å². The van der Waals surface area contributed by atoms with Gasteiger partial charge in [-0.25, -0.2) is 4.68 Å². The Morgan fingerprint density at radius 3 is 2.85 bits per heavy atom. The van der Waals surface area contributed by atoms with Gasteiger partial charge >= 0.3 is 0 Å². The van der Waals surface area contributed by atoms with Gasteiger partial charge in [0.15, 0.2) is 12.1 Å². The third-order valence-corrected chi connectivity index (χ3v) is 4.18. The van der Waals surface area contributed by atoms with Gasteiger partial charge in [-0.1, -0.05) is 5.21 Å². The molecule has 3 heterocycles. The predicted molar refractivity (Wildman–Crippen MR) is 90.6 cm³/mol. The largest absolute Gasteiger partial charge is 0.394 e. The first-order valence-corrected chi connectivity index (χ1v) is 8.76. The minimum absolute atomic E-state index is 0.160. The number of alkyl halides is 1. The van der Waals surface area contributed by atoms with E-state index in [1.165, 1.54) is 10.9 Å². The smallest absolute Gasteiger partial charge is 0.183 e. The second kappa shape index (κ2) is 9.30. The van der Waals surface area contributed by atoms with E-state index in [2.05, 4.69) is 31.0 Å². The molecule has 148 valence electrons. The summed E-state index contributed by atoms with van der Waals surface area (Å²) in [5, 5.41) is 51.9. The summed E-state index contributed by atoms with van der Waals surface area (Å²) in [5.41, 5.74) is 0.552. The molecule has 2 aromatic rings. The lowest BCUT2D eigenvalue weighted by Gasteiger charge is -2.41. The Balaban J connectivity index is 1.72. The second-order valence-corrected chi connectivity index (χ2v) is 6.18. The molecule has 1 aliphatic heterocycles. The van der Waals surface area contributed by atoms with E-state index in [1.54, 1.807) is 12.3 Å². The topological polar surface area (TPSA) is 161 Å². The van der Waals surface area contributed by atoms with Crippen LogP contribution < -0.4 is 5.32 Å². The summed E-state index contributed by atoms with van der Waals surface area (Å²) in [6, 6.07) is 0.783. The lowest BCUT2D eigenvalue weighted by molar-refractivity contribution is -0.280. The Morgan fingerprint density at radius 1 is 1.30 bits per heavy atom. The molecule has 5 atom stereocenters. The average Bonchev–Trinajstić information content (AvgIpc) is 3.16. The lowest BCUT2D eigenvalue weighted by atomic mass is 9.97. The Morgan fingerprint density at radius 2 is 2.15 bits per heavy atom. The van der Waals surface area contributed by atoms with E-state index in [1.807, 2.05) is 0 Å². The van der Waals surface area contributed by atoms with Crippen LogP contribution in [0.15, 0.2) is 18.5 Å². The number of ether oxygens (including phenoxy) is 2. The Labute approximate surface area is 159 Å². The molecule has 0 amide bonds. The number of halogens is 1. The van der Waals surface area contributed by atoms with Crippen molar-refractivity contribution in [2.24, 2.45) is 0 Å². The van der Waals surface area contributed by atoms with Crippen LogP contribution in [0.1, 0.15) is 11.7 Å². The molecular weight excluding hydrogens is 382 g/mol. The fourth-order valence-corrected chi connectivity index (χ4v) is 2.79. The average molecular weight is 402 g/mol. The Kier molecular flexibility index (Phi) is 6.82. The van der Waals surface area contributed by atoms with Crippen LogP contribution in [0, 0.1) is 0 Å². The van der Waals surface area contributed by atoms with Crippen molar-refractivity contribution < 1.29 is 24.8 Å². The summed E-state index contributed by atoms with van der Waals surface area (Å²) in [7, 11) is 0. The highest BCUT2D eigenvalue weighted by Crippen LogP contribution is 2.30. The number of nitrogens with one attached hydrogen (secondary N) is 1. The quantitative estimate of drug-likeness (QED) is 0.373. The summed E-state index contributed by atoms with van der Waals surface area (Å²) < 4.78 is 12.4. The van der Waals surface area contributed by atoms with Gasteiger partial charge in [0.1, 0.15) is 30.0 Å². The van der Waals surface area contributed by atoms with Crippen molar-refractivity contribution in [1.82, 2.24) is 30.4 Å². The molecule has 0 aromatic carbocycles. The highest BCUT2D eigenvalue weighted by atomic mass is 35.5. The number of nitrogens with zero attached hydrogens (tertiary/aromatic N) is 6. The summed E-state index contributed by atoms with van der Waals surface area (Å²) in [6.45, 7) is -0.00390. The van der Waals surface area contributed by atoms with Gasteiger partial charge in [0.25, 0.3) is 0 Å². The normalized spacial score (nSPS) is 28.2. The van der Waals surface area contributed by atoms with Gasteiger partial charge < -0.3 is 30.1 Å². The highest BCUT2D eigenvalue weighted by Gasteiger charge is 2.46. The molecule has 0 saturated carbocycles. The van der Waals surface area contributed by atoms with E-state index in [9.17, 15) is 15.3 Å². The van der Waals surface area contributed by atoms with Crippen LogP contribution in [0.5, 0.6) is 0 Å². The lowest BCUT2D eigenvalue weighted by Crippen LogP contribution is -2.57. The Bertz CT molecular complexity index is 708. The maximum atomic E-state index is 10.5. The molecule has 5 unspecified atom stereocenters. The number of aliphatic hydroxyl groups excluding tert-OH is 3. The van der Waals surface area contributed by atoms with Crippen molar-refractivity contribution in [2.75, 3.05) is 24.4 Å². The van der Waals surface area contributed by atoms with Gasteiger partial charge in [0, 0.05) is 11.9 Å². The molecule has 1 aliphatic rings. The van der Waals surface area contributed by atoms with Crippen molar-refractivity contribution in [2.45, 2.75) is 37.2 Å². The molecule has 0 bridgehead atoms. The number of aromatic nitrogens is 6. The van der Waals surface area contributed by atoms with Crippen molar-refractivity contribution >= 4 is 17.4 Å². The van der Waals surface area contributed by atoms with Crippen molar-refractivity contribution in [1.29, 1.82) is 0 Å². The van der Waals surface area contributed by atoms with E-state index in [-0.39, 0.29) is 12.5 Å². The molecule has 0 aliphatic carbocycles. The summed E-state index contributed by atoms with van der Waals surface area (Å²) in [6.07, 6.45) is -1.46. The fourth-order valence-electron chi connectivity index (χ4n) is 2.70. The molecule has 1 saturated heterocycles. The molecule has 13 heteroatoms. The van der Waals surface area contributed by atoms with Crippen molar-refractivity contribution in [3.05, 3.63) is 24.2 Å². The maximum Gasteiger partial charge on any atom is 0.183 e. The highest BCUT2D eigenvalue weighted by molar-refractivity contribution is 6.17. The Hall–Kier alpha value is -1.96. The van der Waals surface area contributed by atoms with E-state index < -0.39 is 37.3 Å². The number of aliphatic hydroxyl groups is 3. The van der Waals surface area contributed by atoms with Crippen LogP contribution >= 0.6 is 11.6 Å². The number of rotatable bonds is 8. The van der Waals surface area contributed by atoms with Crippen LogP contribution in [0.2, 0.25) is 0 Å². The van der Waals surface area contributed by atoms with Gasteiger partial charge in [0.2, 0.25) is 0 Å². The first-order chi connectivity index (χ1) is 13.1. The van der Waals surface area contributed by atoms with Crippen LogP contribution in [-0.4, -0.2) is 89.4 Å². The monoisotopic (exact) mass is 401 g/mol. The van der Waals surface area contributed by atoms with E-state index in [4.69, 9.17) is 21.1 Å². The summed E-state index contributed by atoms with van der Waals surface area (Å²) >= 11 is 5.65. The zero-order valence-electron chi connectivity index (χ0n) is 14.2. The van der Waals surface area contributed by atoms with Gasteiger partial charge in [0.05, 0.1) is 32.2 Å². The standard InChI is InChI=1S/C14H20ClN7O5/c15-2-4-26-14-11(13(25)12(24)9(7-23)27-14)22-6-8(18-21-22)5-16-10-1-3-17-20-19-10/h1,3,6,9,11-14,23-25H,2,4-5,7H2,(H,16,17,19). The van der Waals surface area contributed by atoms with Crippen LogP contribution in [-0.2, 0) is 16.0 Å².